The summed E-state index contributed by atoms with van der Waals surface area (Å²) in [5.74, 6) is 1.80. The van der Waals surface area contributed by atoms with Crippen LogP contribution in [-0.4, -0.2) is 75.8 Å². The lowest BCUT2D eigenvalue weighted by molar-refractivity contribution is 0.00707. The second kappa shape index (κ2) is 11.2. The molecule has 0 bridgehead atoms. The fraction of sp³-hybridized carbons (Fsp3) is 0.500. The van der Waals surface area contributed by atoms with Crippen molar-refractivity contribution in [1.82, 2.24) is 4.90 Å². The Hall–Kier alpha value is -2.28. The number of piperazine rings is 1. The summed E-state index contributed by atoms with van der Waals surface area (Å²) in [6.45, 7) is 9.76. The lowest BCUT2D eigenvalue weighted by Gasteiger charge is -2.36. The molecule has 0 unspecified atom stereocenters. The zero-order chi connectivity index (χ0) is 21.3. The van der Waals surface area contributed by atoms with Gasteiger partial charge in [0.25, 0.3) is 0 Å². The molecule has 1 saturated heterocycles. The lowest BCUT2D eigenvalue weighted by atomic mass is 10.1. The van der Waals surface area contributed by atoms with Crippen LogP contribution in [0, 0.1) is 13.8 Å². The van der Waals surface area contributed by atoms with Gasteiger partial charge < -0.3 is 24.2 Å². The van der Waals surface area contributed by atoms with E-state index in [1.807, 2.05) is 44.2 Å². The molecule has 6 nitrogen and oxygen atoms in total. The van der Waals surface area contributed by atoms with Crippen LogP contribution in [0.5, 0.6) is 11.5 Å². The van der Waals surface area contributed by atoms with Crippen LogP contribution in [0.4, 0.5) is 5.69 Å². The van der Waals surface area contributed by atoms with Crippen molar-refractivity contribution in [3.8, 4) is 11.5 Å². The summed E-state index contributed by atoms with van der Waals surface area (Å²) in [6.07, 6.45) is -0.488. The molecule has 30 heavy (non-hydrogen) atoms. The van der Waals surface area contributed by atoms with Crippen molar-refractivity contribution in [3.05, 3.63) is 53.6 Å². The quantitative estimate of drug-likeness (QED) is 0.604. The van der Waals surface area contributed by atoms with E-state index in [0.717, 1.165) is 48.8 Å². The van der Waals surface area contributed by atoms with Crippen molar-refractivity contribution in [2.75, 3.05) is 64.6 Å². The maximum atomic E-state index is 10.3. The summed E-state index contributed by atoms with van der Waals surface area (Å²) >= 11 is 0. The Labute approximate surface area is 180 Å². The third-order valence-electron chi connectivity index (χ3n) is 5.47. The number of hydrogen-bond donors (Lipinski definition) is 1. The molecule has 1 aliphatic heterocycles. The average molecular weight is 415 g/mol. The molecule has 1 fully saturated rings. The second-order valence-electron chi connectivity index (χ2n) is 7.78. The molecule has 164 valence electrons. The molecule has 0 spiro atoms. The maximum absolute atomic E-state index is 10.3. The molecule has 0 aromatic heterocycles. The van der Waals surface area contributed by atoms with Gasteiger partial charge in [0, 0.05) is 38.4 Å². The number of aryl methyl sites for hydroxylation is 2. The molecule has 1 N–H and O–H groups in total. The third-order valence-corrected chi connectivity index (χ3v) is 5.47. The van der Waals surface area contributed by atoms with Gasteiger partial charge in [-0.15, -0.1) is 0 Å². The van der Waals surface area contributed by atoms with Crippen molar-refractivity contribution >= 4 is 5.69 Å². The molecule has 1 aliphatic rings. The number of β-amino-alcohol motifs (C(OH)–C–C–N with tert-alkyl or cyclic N) is 1. The minimum atomic E-state index is -0.488. The zero-order valence-electron chi connectivity index (χ0n) is 18.3. The van der Waals surface area contributed by atoms with Gasteiger partial charge in [-0.3, -0.25) is 4.90 Å². The molecule has 2 aromatic rings. The van der Waals surface area contributed by atoms with Gasteiger partial charge in [0.2, 0.25) is 0 Å². The fourth-order valence-electron chi connectivity index (χ4n) is 3.78. The first kappa shape index (κ1) is 22.4. The lowest BCUT2D eigenvalue weighted by Crippen LogP contribution is -2.49. The van der Waals surface area contributed by atoms with E-state index in [4.69, 9.17) is 14.2 Å². The predicted molar refractivity (Wildman–Crippen MR) is 120 cm³/mol. The van der Waals surface area contributed by atoms with Gasteiger partial charge in [-0.1, -0.05) is 18.2 Å². The molecule has 6 heteroatoms. The highest BCUT2D eigenvalue weighted by atomic mass is 16.5. The maximum Gasteiger partial charge on any atom is 0.125 e. The summed E-state index contributed by atoms with van der Waals surface area (Å²) in [4.78, 5) is 4.66. The number of nitrogens with zero attached hydrogens (tertiary/aromatic N) is 2. The number of aliphatic hydroxyl groups excluding tert-OH is 1. The first-order chi connectivity index (χ1) is 14.6. The second-order valence-corrected chi connectivity index (χ2v) is 7.78. The minimum Gasteiger partial charge on any atom is -0.497 e. The Balaban J connectivity index is 1.30. The summed E-state index contributed by atoms with van der Waals surface area (Å²) in [6, 6.07) is 14.3. The van der Waals surface area contributed by atoms with Crippen LogP contribution in [0.2, 0.25) is 0 Å². The number of hydrogen-bond acceptors (Lipinski definition) is 6. The molecule has 3 rings (SSSR count). The number of ether oxygens (including phenoxy) is 3. The zero-order valence-corrected chi connectivity index (χ0v) is 18.3. The van der Waals surface area contributed by atoms with E-state index >= 15 is 0 Å². The van der Waals surface area contributed by atoms with Crippen molar-refractivity contribution in [2.45, 2.75) is 20.0 Å². The van der Waals surface area contributed by atoms with Crippen LogP contribution >= 0.6 is 0 Å². The molecular formula is C24H34N2O4. The predicted octanol–water partition coefficient (Wildman–Crippen LogP) is 2.89. The number of benzene rings is 2. The highest BCUT2D eigenvalue weighted by Gasteiger charge is 2.19. The smallest absolute Gasteiger partial charge is 0.125 e. The molecule has 0 amide bonds. The minimum absolute atomic E-state index is 0.328. The van der Waals surface area contributed by atoms with Gasteiger partial charge in [-0.2, -0.15) is 0 Å². The van der Waals surface area contributed by atoms with Crippen LogP contribution in [0.3, 0.4) is 0 Å². The highest BCUT2D eigenvalue weighted by Crippen LogP contribution is 2.22. The molecule has 0 saturated carbocycles. The summed E-state index contributed by atoms with van der Waals surface area (Å²) in [5.41, 5.74) is 3.47. The van der Waals surface area contributed by atoms with E-state index in [1.54, 1.807) is 7.11 Å². The standard InChI is InChI=1S/C24H34N2O4/c1-19-5-4-6-20(2)24(19)30-16-15-29-18-22(27)17-25-11-13-26(14-12-25)21-7-9-23(28-3)10-8-21/h4-10,22,27H,11-18H2,1-3H3/t22-/m1/s1. The van der Waals surface area contributed by atoms with Gasteiger partial charge in [0.15, 0.2) is 0 Å². The molecule has 1 heterocycles. The monoisotopic (exact) mass is 414 g/mol. The number of aliphatic hydroxyl groups is 1. The SMILES string of the molecule is COc1ccc(N2CCN(C[C@@H](O)COCCOc3c(C)cccc3C)CC2)cc1. The Kier molecular flexibility index (Phi) is 8.37. The van der Waals surface area contributed by atoms with Crippen molar-refractivity contribution < 1.29 is 19.3 Å². The van der Waals surface area contributed by atoms with E-state index in [-0.39, 0.29) is 0 Å². The largest absolute Gasteiger partial charge is 0.497 e. The first-order valence-electron chi connectivity index (χ1n) is 10.6. The summed E-state index contributed by atoms with van der Waals surface area (Å²) in [5, 5.41) is 10.3. The summed E-state index contributed by atoms with van der Waals surface area (Å²) in [7, 11) is 1.68. The third kappa shape index (κ3) is 6.36. The van der Waals surface area contributed by atoms with Crippen molar-refractivity contribution in [2.24, 2.45) is 0 Å². The first-order valence-corrected chi connectivity index (χ1v) is 10.6. The van der Waals surface area contributed by atoms with Crippen LogP contribution in [0.15, 0.2) is 42.5 Å². The van der Waals surface area contributed by atoms with E-state index in [1.165, 1.54) is 5.69 Å². The van der Waals surface area contributed by atoms with E-state index in [9.17, 15) is 5.11 Å². The molecule has 1 atom stereocenters. The van der Waals surface area contributed by atoms with Crippen LogP contribution in [0.1, 0.15) is 11.1 Å². The van der Waals surface area contributed by atoms with E-state index in [2.05, 4.69) is 21.9 Å². The van der Waals surface area contributed by atoms with E-state index in [0.29, 0.717) is 26.4 Å². The Morgan fingerprint density at radius 2 is 1.60 bits per heavy atom. The van der Waals surface area contributed by atoms with Gasteiger partial charge in [0.05, 0.1) is 26.4 Å². The number of methoxy groups -OCH3 is 1. The molecule has 2 aromatic carbocycles. The normalized spacial score (nSPS) is 15.8. The molecular weight excluding hydrogens is 380 g/mol. The molecule has 0 aliphatic carbocycles. The van der Waals surface area contributed by atoms with E-state index < -0.39 is 6.10 Å². The van der Waals surface area contributed by atoms with Crippen LogP contribution in [-0.2, 0) is 4.74 Å². The van der Waals surface area contributed by atoms with Gasteiger partial charge in [-0.05, 0) is 49.2 Å². The highest BCUT2D eigenvalue weighted by molar-refractivity contribution is 5.49. The number of rotatable bonds is 10. The Morgan fingerprint density at radius 3 is 2.23 bits per heavy atom. The van der Waals surface area contributed by atoms with Gasteiger partial charge in [0.1, 0.15) is 18.1 Å². The van der Waals surface area contributed by atoms with Crippen LogP contribution in [0.25, 0.3) is 0 Å². The van der Waals surface area contributed by atoms with Gasteiger partial charge in [-0.25, -0.2) is 0 Å². The Bertz CT molecular complexity index is 753. The number of para-hydroxylation sites is 1. The molecule has 0 radical (unpaired) electrons. The van der Waals surface area contributed by atoms with Crippen LogP contribution < -0.4 is 14.4 Å². The topological polar surface area (TPSA) is 54.4 Å². The Morgan fingerprint density at radius 1 is 0.933 bits per heavy atom. The van der Waals surface area contributed by atoms with Crippen molar-refractivity contribution in [3.63, 3.8) is 0 Å². The fourth-order valence-corrected chi connectivity index (χ4v) is 3.78. The summed E-state index contributed by atoms with van der Waals surface area (Å²) < 4.78 is 16.7. The van der Waals surface area contributed by atoms with Crippen molar-refractivity contribution in [1.29, 1.82) is 0 Å². The van der Waals surface area contributed by atoms with Gasteiger partial charge >= 0.3 is 0 Å². The number of anilines is 1. The average Bonchev–Trinajstić information content (AvgIpc) is 2.76.